The van der Waals surface area contributed by atoms with Gasteiger partial charge in [0.15, 0.2) is 5.69 Å². The van der Waals surface area contributed by atoms with Crippen molar-refractivity contribution in [3.05, 3.63) is 20.9 Å². The smallest absolute Gasteiger partial charge is 0.476 e. The van der Waals surface area contributed by atoms with E-state index in [1.807, 2.05) is 0 Å². The normalized spacial score (nSPS) is 11.4. The molecule has 0 aliphatic carbocycles. The fourth-order valence-corrected chi connectivity index (χ4v) is 1.79. The lowest BCUT2D eigenvalue weighted by molar-refractivity contribution is -0.276. The Bertz CT molecular complexity index is 452. The van der Waals surface area contributed by atoms with Crippen molar-refractivity contribution in [2.24, 2.45) is 0 Å². The molecule has 0 aliphatic heterocycles. The summed E-state index contributed by atoms with van der Waals surface area (Å²) in [4.78, 5) is 14.0. The van der Waals surface area contributed by atoms with Crippen LogP contribution >= 0.6 is 34.2 Å². The molecule has 9 heteroatoms. The summed E-state index contributed by atoms with van der Waals surface area (Å²) in [5.41, 5.74) is -0.433. The molecule has 1 rings (SSSR count). The number of aromatic nitrogens is 1. The van der Waals surface area contributed by atoms with Gasteiger partial charge < -0.3 is 9.84 Å². The van der Waals surface area contributed by atoms with E-state index in [0.717, 1.165) is 0 Å². The van der Waals surface area contributed by atoms with Crippen molar-refractivity contribution < 1.29 is 27.8 Å². The molecule has 0 saturated heterocycles. The Labute approximate surface area is 112 Å². The minimum Gasteiger partial charge on any atom is -0.476 e. The van der Waals surface area contributed by atoms with Crippen LogP contribution in [0.2, 0.25) is 0 Å². The highest BCUT2D eigenvalue weighted by molar-refractivity contribution is 14.1. The topological polar surface area (TPSA) is 59.4 Å². The molecular formula is C8H4ClF3INO3. The van der Waals surface area contributed by atoms with Gasteiger partial charge in [0, 0.05) is 11.4 Å². The summed E-state index contributed by atoms with van der Waals surface area (Å²) < 4.78 is 39.6. The summed E-state index contributed by atoms with van der Waals surface area (Å²) in [6.45, 7) is 0. The number of alkyl halides is 4. The highest BCUT2D eigenvalue weighted by Gasteiger charge is 2.33. The second-order valence-electron chi connectivity index (χ2n) is 2.77. The Morgan fingerprint density at radius 2 is 2.18 bits per heavy atom. The molecule has 1 N–H and O–H groups in total. The number of hydrogen-bond donors (Lipinski definition) is 1. The zero-order chi connectivity index (χ0) is 13.2. The first-order valence-electron chi connectivity index (χ1n) is 3.99. The average Bonchev–Trinajstić information content (AvgIpc) is 2.18. The Balaban J connectivity index is 3.25. The van der Waals surface area contributed by atoms with Gasteiger partial charge in [0.1, 0.15) is 0 Å². The summed E-state index contributed by atoms with van der Waals surface area (Å²) in [7, 11) is 0. The monoisotopic (exact) mass is 381 g/mol. The summed E-state index contributed by atoms with van der Waals surface area (Å²) in [5.74, 6) is -2.44. The molecule has 0 fully saturated rings. The average molecular weight is 381 g/mol. The van der Waals surface area contributed by atoms with Crippen molar-refractivity contribution >= 4 is 40.2 Å². The third-order valence-corrected chi connectivity index (χ3v) is 2.64. The van der Waals surface area contributed by atoms with Gasteiger partial charge in [-0.3, -0.25) is 0 Å². The van der Waals surface area contributed by atoms with Crippen LogP contribution in [-0.4, -0.2) is 22.4 Å². The Kier molecular flexibility index (Phi) is 4.42. The van der Waals surface area contributed by atoms with E-state index < -0.39 is 23.9 Å². The fraction of sp³-hybridized carbons (Fsp3) is 0.250. The van der Waals surface area contributed by atoms with Crippen molar-refractivity contribution in [2.75, 3.05) is 0 Å². The van der Waals surface area contributed by atoms with Crippen molar-refractivity contribution in [2.45, 2.75) is 12.2 Å². The highest BCUT2D eigenvalue weighted by atomic mass is 127. The van der Waals surface area contributed by atoms with E-state index in [4.69, 9.17) is 16.7 Å². The van der Waals surface area contributed by atoms with E-state index in [9.17, 15) is 18.0 Å². The molecule has 1 heterocycles. The number of nitrogens with zero attached hydrogens (tertiary/aromatic N) is 1. The van der Waals surface area contributed by atoms with Crippen molar-refractivity contribution in [1.82, 2.24) is 4.98 Å². The zero-order valence-electron chi connectivity index (χ0n) is 7.89. The van der Waals surface area contributed by atoms with Crippen LogP contribution in [0.15, 0.2) is 6.07 Å². The van der Waals surface area contributed by atoms with Gasteiger partial charge in [-0.1, -0.05) is 0 Å². The molecule has 1 aromatic rings. The van der Waals surface area contributed by atoms with Gasteiger partial charge in [-0.25, -0.2) is 9.78 Å². The number of aromatic carboxylic acids is 1. The maximum Gasteiger partial charge on any atom is 0.574 e. The molecule has 4 nitrogen and oxygen atoms in total. The largest absolute Gasteiger partial charge is 0.574 e. The van der Waals surface area contributed by atoms with E-state index in [1.165, 1.54) is 6.07 Å². The highest BCUT2D eigenvalue weighted by Crippen LogP contribution is 2.28. The Morgan fingerprint density at radius 1 is 1.59 bits per heavy atom. The van der Waals surface area contributed by atoms with Gasteiger partial charge in [-0.2, -0.15) is 0 Å². The lowest BCUT2D eigenvalue weighted by Gasteiger charge is -2.11. The summed E-state index contributed by atoms with van der Waals surface area (Å²) in [6, 6.07) is 1.19. The number of pyridine rings is 1. The summed E-state index contributed by atoms with van der Waals surface area (Å²) >= 11 is 7.01. The van der Waals surface area contributed by atoms with Crippen LogP contribution in [0.1, 0.15) is 16.1 Å². The second kappa shape index (κ2) is 5.25. The molecule has 0 spiro atoms. The van der Waals surface area contributed by atoms with Gasteiger partial charge in [0.25, 0.3) is 0 Å². The molecule has 94 valence electrons. The number of carbonyl (C=O) groups is 1. The molecule has 0 aliphatic rings. The van der Waals surface area contributed by atoms with Gasteiger partial charge in [0.2, 0.25) is 5.88 Å². The summed E-state index contributed by atoms with van der Waals surface area (Å²) in [6.07, 6.45) is -4.93. The maximum atomic E-state index is 12.0. The molecule has 0 aromatic carbocycles. The van der Waals surface area contributed by atoms with Crippen LogP contribution in [0.3, 0.4) is 0 Å². The molecule has 1 aromatic heterocycles. The van der Waals surface area contributed by atoms with Crippen LogP contribution in [-0.2, 0) is 5.88 Å². The van der Waals surface area contributed by atoms with Gasteiger partial charge in [-0.05, 0) is 28.7 Å². The predicted molar refractivity (Wildman–Crippen MR) is 60.2 cm³/mol. The molecule has 0 unspecified atom stereocenters. The van der Waals surface area contributed by atoms with Crippen LogP contribution in [0.5, 0.6) is 5.88 Å². The first-order chi connectivity index (χ1) is 7.74. The lowest BCUT2D eigenvalue weighted by atomic mass is 10.2. The van der Waals surface area contributed by atoms with Gasteiger partial charge in [-0.15, -0.1) is 24.8 Å². The van der Waals surface area contributed by atoms with Crippen molar-refractivity contribution in [3.8, 4) is 5.88 Å². The number of halogens is 5. The Morgan fingerprint density at radius 3 is 2.59 bits per heavy atom. The van der Waals surface area contributed by atoms with Crippen molar-refractivity contribution in [3.63, 3.8) is 0 Å². The van der Waals surface area contributed by atoms with E-state index in [2.05, 4.69) is 9.72 Å². The second-order valence-corrected chi connectivity index (χ2v) is 4.20. The van der Waals surface area contributed by atoms with Crippen LogP contribution in [0.25, 0.3) is 0 Å². The molecular weight excluding hydrogens is 377 g/mol. The van der Waals surface area contributed by atoms with Crippen molar-refractivity contribution in [1.29, 1.82) is 0 Å². The van der Waals surface area contributed by atoms with E-state index >= 15 is 0 Å². The van der Waals surface area contributed by atoms with Crippen LogP contribution < -0.4 is 4.74 Å². The molecule has 0 radical (unpaired) electrons. The molecule has 17 heavy (non-hydrogen) atoms. The predicted octanol–water partition coefficient (Wildman–Crippen LogP) is 3.02. The lowest BCUT2D eigenvalue weighted by Crippen LogP contribution is -2.20. The number of hydrogen-bond acceptors (Lipinski definition) is 3. The quantitative estimate of drug-likeness (QED) is 0.646. The van der Waals surface area contributed by atoms with E-state index in [0.29, 0.717) is 0 Å². The minimum absolute atomic E-state index is 0.0283. The van der Waals surface area contributed by atoms with Gasteiger partial charge in [0.05, 0.1) is 3.57 Å². The summed E-state index contributed by atoms with van der Waals surface area (Å²) in [5, 5.41) is 8.75. The molecule has 0 amide bonds. The first-order valence-corrected chi connectivity index (χ1v) is 5.60. The number of carboxylic acids is 1. The first kappa shape index (κ1) is 14.3. The number of carboxylic acid groups (broad SMARTS) is 1. The van der Waals surface area contributed by atoms with E-state index in [-0.39, 0.29) is 15.0 Å². The SMILES string of the molecule is O=C(O)c1nc(OC(F)(F)F)c(I)cc1CCl. The minimum atomic E-state index is -4.93. The van der Waals surface area contributed by atoms with Crippen LogP contribution in [0.4, 0.5) is 13.2 Å². The zero-order valence-corrected chi connectivity index (χ0v) is 10.8. The van der Waals surface area contributed by atoms with Gasteiger partial charge >= 0.3 is 12.3 Å². The maximum absolute atomic E-state index is 12.0. The fourth-order valence-electron chi connectivity index (χ4n) is 0.978. The number of ether oxygens (including phenoxy) is 1. The third-order valence-electron chi connectivity index (χ3n) is 1.58. The molecule has 0 atom stereocenters. The molecule has 0 saturated carbocycles. The van der Waals surface area contributed by atoms with E-state index in [1.54, 1.807) is 22.6 Å². The number of rotatable bonds is 3. The molecule has 0 bridgehead atoms. The third kappa shape index (κ3) is 3.87. The Hall–Kier alpha value is -0.770. The van der Waals surface area contributed by atoms with Crippen LogP contribution in [0, 0.1) is 3.57 Å². The standard InChI is InChI=1S/C8H4ClF3INO3/c9-2-3-1-4(13)6(17-8(10,11)12)14-5(3)7(15)16/h1H,2H2,(H,15,16).